The summed E-state index contributed by atoms with van der Waals surface area (Å²) in [5, 5.41) is 3.83. The monoisotopic (exact) mass is 365 g/mol. The molecule has 0 aliphatic carbocycles. The fourth-order valence-electron chi connectivity index (χ4n) is 2.40. The van der Waals surface area contributed by atoms with E-state index in [-0.39, 0.29) is 10.7 Å². The van der Waals surface area contributed by atoms with Crippen molar-refractivity contribution >= 4 is 17.3 Å². The number of halogens is 3. The van der Waals surface area contributed by atoms with E-state index < -0.39 is 17.2 Å². The van der Waals surface area contributed by atoms with Crippen LogP contribution in [0.4, 0.5) is 14.5 Å². The molecule has 2 aromatic heterocycles. The molecule has 0 aliphatic heterocycles. The van der Waals surface area contributed by atoms with Crippen molar-refractivity contribution in [2.24, 2.45) is 0 Å². The van der Waals surface area contributed by atoms with Crippen molar-refractivity contribution in [3.05, 3.63) is 75.1 Å². The van der Waals surface area contributed by atoms with Gasteiger partial charge in [0.2, 0.25) is 0 Å². The zero-order chi connectivity index (χ0) is 18.1. The van der Waals surface area contributed by atoms with E-state index >= 15 is 0 Å². The molecule has 0 atom stereocenters. The van der Waals surface area contributed by atoms with E-state index in [2.05, 4.69) is 5.10 Å². The maximum Gasteiger partial charge on any atom is 0.292 e. The minimum atomic E-state index is -0.905. The van der Waals surface area contributed by atoms with Crippen LogP contribution in [0.2, 0.25) is 5.02 Å². The first-order valence-corrected chi connectivity index (χ1v) is 7.74. The van der Waals surface area contributed by atoms with Crippen molar-refractivity contribution in [2.45, 2.75) is 13.5 Å². The molecule has 0 amide bonds. The van der Waals surface area contributed by atoms with Gasteiger partial charge >= 0.3 is 0 Å². The number of hydrogen-bond acceptors (Lipinski definition) is 4. The van der Waals surface area contributed by atoms with Gasteiger partial charge in [0.1, 0.15) is 28.0 Å². The summed E-state index contributed by atoms with van der Waals surface area (Å²) in [6.45, 7) is 2.21. The van der Waals surface area contributed by atoms with Crippen molar-refractivity contribution in [3.8, 4) is 5.69 Å². The van der Waals surface area contributed by atoms with Gasteiger partial charge in [-0.2, -0.15) is 9.78 Å². The minimum Gasteiger partial charge on any atom is -0.464 e. The predicted octanol–water partition coefficient (Wildman–Crippen LogP) is 3.70. The third-order valence-electron chi connectivity index (χ3n) is 3.64. The van der Waals surface area contributed by atoms with Gasteiger partial charge in [-0.05, 0) is 31.2 Å². The van der Waals surface area contributed by atoms with Crippen molar-refractivity contribution in [1.29, 1.82) is 0 Å². The normalized spacial score (nSPS) is 10.9. The van der Waals surface area contributed by atoms with Crippen molar-refractivity contribution in [3.63, 3.8) is 0 Å². The molecule has 2 heterocycles. The second-order valence-electron chi connectivity index (χ2n) is 5.52. The van der Waals surface area contributed by atoms with E-state index in [4.69, 9.17) is 16.0 Å². The molecule has 0 spiro atoms. The molecule has 0 radical (unpaired) electrons. The number of aryl methyl sites for hydroxylation is 1. The summed E-state index contributed by atoms with van der Waals surface area (Å²) in [6, 6.07) is 6.50. The van der Waals surface area contributed by atoms with E-state index in [0.717, 1.165) is 22.6 Å². The number of nitrogens with zero attached hydrogens (tertiary/aromatic N) is 3. The van der Waals surface area contributed by atoms with Crippen LogP contribution in [0.25, 0.3) is 5.69 Å². The van der Waals surface area contributed by atoms with E-state index in [1.165, 1.54) is 6.20 Å². The maximum absolute atomic E-state index is 13.9. The lowest BCUT2D eigenvalue weighted by Gasteiger charge is -2.19. The van der Waals surface area contributed by atoms with Gasteiger partial charge in [-0.1, -0.05) is 11.6 Å². The van der Waals surface area contributed by atoms with Crippen LogP contribution in [0, 0.1) is 18.6 Å². The molecule has 0 bridgehead atoms. The quantitative estimate of drug-likeness (QED) is 0.707. The summed E-state index contributed by atoms with van der Waals surface area (Å²) in [5.41, 5.74) is -0.504. The largest absolute Gasteiger partial charge is 0.464 e. The minimum absolute atomic E-state index is 0.121. The van der Waals surface area contributed by atoms with E-state index in [1.54, 1.807) is 11.9 Å². The Kier molecular flexibility index (Phi) is 4.59. The van der Waals surface area contributed by atoms with Crippen molar-refractivity contribution in [2.75, 3.05) is 11.9 Å². The van der Waals surface area contributed by atoms with E-state index in [0.29, 0.717) is 24.1 Å². The molecule has 0 fully saturated rings. The van der Waals surface area contributed by atoms with Crippen molar-refractivity contribution < 1.29 is 13.2 Å². The van der Waals surface area contributed by atoms with Crippen LogP contribution in [0.1, 0.15) is 11.5 Å². The van der Waals surface area contributed by atoms with E-state index in [9.17, 15) is 13.6 Å². The number of benzene rings is 1. The molecule has 3 rings (SSSR count). The van der Waals surface area contributed by atoms with Crippen molar-refractivity contribution in [1.82, 2.24) is 9.78 Å². The van der Waals surface area contributed by atoms with Crippen LogP contribution < -0.4 is 10.5 Å². The first-order valence-electron chi connectivity index (χ1n) is 7.36. The first kappa shape index (κ1) is 17.2. The average molecular weight is 366 g/mol. The van der Waals surface area contributed by atoms with Gasteiger partial charge in [0.05, 0.1) is 18.4 Å². The number of furan rings is 1. The van der Waals surface area contributed by atoms with Gasteiger partial charge in [0.15, 0.2) is 5.82 Å². The van der Waals surface area contributed by atoms with Gasteiger partial charge in [-0.15, -0.1) is 0 Å². The molecule has 0 unspecified atom stereocenters. The number of hydrogen-bond donors (Lipinski definition) is 0. The highest BCUT2D eigenvalue weighted by Gasteiger charge is 2.17. The summed E-state index contributed by atoms with van der Waals surface area (Å²) in [5.74, 6) is -0.178. The molecule has 8 heteroatoms. The second-order valence-corrected chi connectivity index (χ2v) is 5.90. The molecular weight excluding hydrogens is 352 g/mol. The maximum atomic E-state index is 13.9. The lowest BCUT2D eigenvalue weighted by Crippen LogP contribution is -2.26. The molecule has 25 heavy (non-hydrogen) atoms. The van der Waals surface area contributed by atoms with Crippen LogP contribution >= 0.6 is 11.6 Å². The van der Waals surface area contributed by atoms with Crippen LogP contribution in [0.15, 0.2) is 45.7 Å². The van der Waals surface area contributed by atoms with Gasteiger partial charge < -0.3 is 9.32 Å². The van der Waals surface area contributed by atoms with Gasteiger partial charge in [0.25, 0.3) is 5.56 Å². The molecule has 3 aromatic rings. The molecule has 0 N–H and O–H groups in total. The Morgan fingerprint density at radius 1 is 1.28 bits per heavy atom. The molecule has 0 saturated carbocycles. The van der Waals surface area contributed by atoms with Gasteiger partial charge in [-0.25, -0.2) is 8.78 Å². The number of rotatable bonds is 4. The molecule has 0 saturated heterocycles. The standard InChI is InChI=1S/C17H14ClF2N3O2/c1-10-3-5-12(25-10)9-22(2)15-8-21-23(17(24)16(15)18)14-6-4-11(19)7-13(14)20/h3-8H,9H2,1-2H3. The zero-order valence-corrected chi connectivity index (χ0v) is 14.2. The zero-order valence-electron chi connectivity index (χ0n) is 13.5. The Balaban J connectivity index is 1.96. The van der Waals surface area contributed by atoms with Crippen LogP contribution in [0.5, 0.6) is 0 Å². The molecular formula is C17H14ClF2N3O2. The summed E-state index contributed by atoms with van der Waals surface area (Å²) in [4.78, 5) is 14.1. The van der Waals surface area contributed by atoms with Crippen LogP contribution in [-0.2, 0) is 6.54 Å². The fourth-order valence-corrected chi connectivity index (χ4v) is 2.68. The van der Waals surface area contributed by atoms with Crippen LogP contribution in [0.3, 0.4) is 0 Å². The fraction of sp³-hybridized carbons (Fsp3) is 0.176. The summed E-state index contributed by atoms with van der Waals surface area (Å²) < 4.78 is 33.2. The van der Waals surface area contributed by atoms with E-state index in [1.807, 2.05) is 19.1 Å². The predicted molar refractivity (Wildman–Crippen MR) is 90.3 cm³/mol. The summed E-state index contributed by atoms with van der Waals surface area (Å²) in [6.07, 6.45) is 1.35. The highest BCUT2D eigenvalue weighted by molar-refractivity contribution is 6.33. The Morgan fingerprint density at radius 3 is 2.68 bits per heavy atom. The second kappa shape index (κ2) is 6.68. The third kappa shape index (κ3) is 3.41. The van der Waals surface area contributed by atoms with Crippen LogP contribution in [-0.4, -0.2) is 16.8 Å². The Bertz CT molecular complexity index is 984. The smallest absolute Gasteiger partial charge is 0.292 e. The highest BCUT2D eigenvalue weighted by Crippen LogP contribution is 2.23. The SMILES string of the molecule is Cc1ccc(CN(C)c2cnn(-c3ccc(F)cc3F)c(=O)c2Cl)o1. The third-order valence-corrected chi connectivity index (χ3v) is 3.99. The molecule has 130 valence electrons. The van der Waals surface area contributed by atoms with Gasteiger partial charge in [0, 0.05) is 13.1 Å². The number of anilines is 1. The lowest BCUT2D eigenvalue weighted by atomic mass is 10.3. The molecule has 5 nitrogen and oxygen atoms in total. The average Bonchev–Trinajstić information content (AvgIpc) is 2.95. The Morgan fingerprint density at radius 2 is 2.04 bits per heavy atom. The highest BCUT2D eigenvalue weighted by atomic mass is 35.5. The Hall–Kier alpha value is -2.67. The summed E-state index contributed by atoms with van der Waals surface area (Å²) in [7, 11) is 1.73. The first-order chi connectivity index (χ1) is 11.9. The number of aromatic nitrogens is 2. The summed E-state index contributed by atoms with van der Waals surface area (Å²) >= 11 is 6.16. The van der Waals surface area contributed by atoms with Gasteiger partial charge in [-0.3, -0.25) is 4.79 Å². The topological polar surface area (TPSA) is 51.3 Å². The molecule has 0 aliphatic rings. The molecule has 1 aromatic carbocycles. The Labute approximate surface area is 147 Å². The lowest BCUT2D eigenvalue weighted by molar-refractivity contribution is 0.481.